The number of hydrogen-bond donors (Lipinski definition) is 1. The number of nitrogens with zero attached hydrogens (tertiary/aromatic N) is 2. The molecule has 4 nitrogen and oxygen atoms in total. The molecule has 0 aliphatic carbocycles. The van der Waals surface area contributed by atoms with Crippen LogP contribution in [0.25, 0.3) is 11.0 Å². The number of nitrogens with one attached hydrogen (secondary N) is 1. The lowest BCUT2D eigenvalue weighted by Crippen LogP contribution is -2.30. The lowest BCUT2D eigenvalue weighted by Gasteiger charge is -2.23. The molecule has 0 bridgehead atoms. The lowest BCUT2D eigenvalue weighted by molar-refractivity contribution is 0.190. The van der Waals surface area contributed by atoms with E-state index in [1.54, 1.807) is 19.2 Å². The number of ether oxygens (including phenoxy) is 1. The summed E-state index contributed by atoms with van der Waals surface area (Å²) < 4.78 is 20.9. The first kappa shape index (κ1) is 14.5. The molecular weight excluding hydrogens is 269 g/mol. The van der Waals surface area contributed by atoms with E-state index in [-0.39, 0.29) is 5.82 Å². The third-order valence-electron chi connectivity index (χ3n) is 4.13. The number of methoxy groups -OCH3 is 1. The first-order chi connectivity index (χ1) is 10.3. The molecule has 0 radical (unpaired) electrons. The van der Waals surface area contributed by atoms with Crippen LogP contribution in [0.1, 0.15) is 31.0 Å². The molecule has 2 aromatic rings. The summed E-state index contributed by atoms with van der Waals surface area (Å²) in [4.78, 5) is 4.77. The van der Waals surface area contributed by atoms with Gasteiger partial charge in [-0.3, -0.25) is 0 Å². The molecule has 1 N–H and O–H groups in total. The van der Waals surface area contributed by atoms with E-state index in [9.17, 15) is 4.39 Å². The van der Waals surface area contributed by atoms with E-state index >= 15 is 0 Å². The molecule has 21 heavy (non-hydrogen) atoms. The monoisotopic (exact) mass is 291 g/mol. The molecule has 1 saturated heterocycles. The highest BCUT2D eigenvalue weighted by molar-refractivity contribution is 5.76. The Morgan fingerprint density at radius 2 is 2.38 bits per heavy atom. The van der Waals surface area contributed by atoms with Crippen molar-refractivity contribution in [3.63, 3.8) is 0 Å². The molecule has 3 rings (SSSR count). The molecule has 0 spiro atoms. The van der Waals surface area contributed by atoms with E-state index in [1.807, 2.05) is 0 Å². The molecule has 0 saturated carbocycles. The summed E-state index contributed by atoms with van der Waals surface area (Å²) in [5, 5.41) is 3.43. The number of piperidine rings is 1. The number of benzene rings is 1. The molecule has 5 heteroatoms. The highest BCUT2D eigenvalue weighted by Crippen LogP contribution is 2.27. The van der Waals surface area contributed by atoms with Gasteiger partial charge in [0, 0.05) is 32.7 Å². The average Bonchev–Trinajstić information content (AvgIpc) is 2.87. The predicted molar refractivity (Wildman–Crippen MR) is 81.0 cm³/mol. The predicted octanol–water partition coefficient (Wildman–Crippen LogP) is 2.68. The van der Waals surface area contributed by atoms with Crippen LogP contribution in [0.15, 0.2) is 18.2 Å². The van der Waals surface area contributed by atoms with E-state index < -0.39 is 0 Å². The molecule has 1 fully saturated rings. The van der Waals surface area contributed by atoms with Crippen molar-refractivity contribution < 1.29 is 9.13 Å². The van der Waals surface area contributed by atoms with Gasteiger partial charge in [0.15, 0.2) is 0 Å². The van der Waals surface area contributed by atoms with Gasteiger partial charge in [-0.05, 0) is 44.0 Å². The Balaban J connectivity index is 1.97. The Bertz CT molecular complexity index is 605. The molecule has 1 aliphatic heterocycles. The van der Waals surface area contributed by atoms with Crippen LogP contribution in [0.2, 0.25) is 0 Å². The van der Waals surface area contributed by atoms with Gasteiger partial charge >= 0.3 is 0 Å². The van der Waals surface area contributed by atoms with Crippen LogP contribution in [0.5, 0.6) is 0 Å². The zero-order chi connectivity index (χ0) is 14.7. The van der Waals surface area contributed by atoms with Gasteiger partial charge in [-0.15, -0.1) is 0 Å². The van der Waals surface area contributed by atoms with E-state index in [0.717, 1.165) is 49.3 Å². The van der Waals surface area contributed by atoms with Gasteiger partial charge in [-0.1, -0.05) is 0 Å². The molecule has 1 aliphatic rings. The third kappa shape index (κ3) is 3.09. The molecule has 1 aromatic carbocycles. The van der Waals surface area contributed by atoms with Gasteiger partial charge in [-0.2, -0.15) is 0 Å². The topological polar surface area (TPSA) is 39.1 Å². The van der Waals surface area contributed by atoms with Crippen molar-refractivity contribution in [2.24, 2.45) is 0 Å². The van der Waals surface area contributed by atoms with Crippen LogP contribution < -0.4 is 5.32 Å². The Morgan fingerprint density at radius 1 is 1.48 bits per heavy atom. The van der Waals surface area contributed by atoms with Gasteiger partial charge in [-0.25, -0.2) is 9.37 Å². The minimum atomic E-state index is -0.205. The maximum absolute atomic E-state index is 13.6. The van der Waals surface area contributed by atoms with Crippen LogP contribution >= 0.6 is 0 Å². The third-order valence-corrected chi connectivity index (χ3v) is 4.13. The largest absolute Gasteiger partial charge is 0.385 e. The maximum Gasteiger partial charge on any atom is 0.125 e. The molecule has 0 amide bonds. The van der Waals surface area contributed by atoms with Gasteiger partial charge in [0.25, 0.3) is 0 Å². The summed E-state index contributed by atoms with van der Waals surface area (Å²) >= 11 is 0. The first-order valence-corrected chi connectivity index (χ1v) is 7.65. The molecule has 1 atom stereocenters. The minimum absolute atomic E-state index is 0.205. The SMILES string of the molecule is COCCCn1c(C2CCCNC2)nc2ccc(F)cc21. The second-order valence-corrected chi connectivity index (χ2v) is 5.64. The summed E-state index contributed by atoms with van der Waals surface area (Å²) in [7, 11) is 1.71. The fourth-order valence-corrected chi connectivity index (χ4v) is 3.10. The van der Waals surface area contributed by atoms with Crippen LogP contribution in [-0.2, 0) is 11.3 Å². The lowest BCUT2D eigenvalue weighted by atomic mass is 9.99. The van der Waals surface area contributed by atoms with Crippen molar-refractivity contribution in [2.75, 3.05) is 26.8 Å². The van der Waals surface area contributed by atoms with E-state index in [1.165, 1.54) is 12.5 Å². The van der Waals surface area contributed by atoms with E-state index in [4.69, 9.17) is 9.72 Å². The van der Waals surface area contributed by atoms with Gasteiger partial charge < -0.3 is 14.6 Å². The number of rotatable bonds is 5. The minimum Gasteiger partial charge on any atom is -0.385 e. The highest BCUT2D eigenvalue weighted by Gasteiger charge is 2.22. The molecule has 2 heterocycles. The molecule has 1 aromatic heterocycles. The van der Waals surface area contributed by atoms with Crippen LogP contribution in [-0.4, -0.2) is 36.4 Å². The van der Waals surface area contributed by atoms with Crippen molar-refractivity contribution in [3.05, 3.63) is 29.8 Å². The quantitative estimate of drug-likeness (QED) is 0.861. The Morgan fingerprint density at radius 3 is 3.14 bits per heavy atom. The Kier molecular flexibility index (Phi) is 4.51. The van der Waals surface area contributed by atoms with E-state index in [2.05, 4.69) is 9.88 Å². The number of hydrogen-bond acceptors (Lipinski definition) is 3. The van der Waals surface area contributed by atoms with Crippen molar-refractivity contribution >= 4 is 11.0 Å². The van der Waals surface area contributed by atoms with Crippen LogP contribution in [0.3, 0.4) is 0 Å². The normalized spacial score (nSPS) is 19.2. The zero-order valence-corrected chi connectivity index (χ0v) is 12.4. The van der Waals surface area contributed by atoms with Crippen molar-refractivity contribution in [3.8, 4) is 0 Å². The van der Waals surface area contributed by atoms with Crippen molar-refractivity contribution in [1.29, 1.82) is 0 Å². The van der Waals surface area contributed by atoms with Gasteiger partial charge in [0.2, 0.25) is 0 Å². The van der Waals surface area contributed by atoms with Gasteiger partial charge in [0.05, 0.1) is 11.0 Å². The zero-order valence-electron chi connectivity index (χ0n) is 12.4. The molecule has 114 valence electrons. The fraction of sp³-hybridized carbons (Fsp3) is 0.562. The maximum atomic E-state index is 13.6. The molecular formula is C16H22FN3O. The summed E-state index contributed by atoms with van der Waals surface area (Å²) in [5.41, 5.74) is 1.78. The van der Waals surface area contributed by atoms with Crippen molar-refractivity contribution in [2.45, 2.75) is 31.7 Å². The number of aromatic nitrogens is 2. The van der Waals surface area contributed by atoms with Crippen LogP contribution in [0, 0.1) is 5.82 Å². The second kappa shape index (κ2) is 6.54. The van der Waals surface area contributed by atoms with Crippen molar-refractivity contribution in [1.82, 2.24) is 14.9 Å². The summed E-state index contributed by atoms with van der Waals surface area (Å²) in [6, 6.07) is 4.85. The van der Waals surface area contributed by atoms with E-state index in [0.29, 0.717) is 12.5 Å². The summed E-state index contributed by atoms with van der Waals surface area (Å²) in [6.07, 6.45) is 3.22. The Labute approximate surface area is 124 Å². The summed E-state index contributed by atoms with van der Waals surface area (Å²) in [6.45, 7) is 3.56. The first-order valence-electron chi connectivity index (χ1n) is 7.65. The Hall–Kier alpha value is -1.46. The standard InChI is InChI=1S/C16H22FN3O/c1-21-9-3-8-20-15-10-13(17)5-6-14(15)19-16(20)12-4-2-7-18-11-12/h5-6,10,12,18H,2-4,7-9,11H2,1H3. The van der Waals surface area contributed by atoms with Gasteiger partial charge in [0.1, 0.15) is 11.6 Å². The smallest absolute Gasteiger partial charge is 0.125 e. The number of imidazole rings is 1. The fourth-order valence-electron chi connectivity index (χ4n) is 3.10. The van der Waals surface area contributed by atoms with Crippen LogP contribution in [0.4, 0.5) is 4.39 Å². The number of fused-ring (bicyclic) bond motifs is 1. The number of halogens is 1. The average molecular weight is 291 g/mol. The highest BCUT2D eigenvalue weighted by atomic mass is 19.1. The second-order valence-electron chi connectivity index (χ2n) is 5.64. The summed E-state index contributed by atoms with van der Waals surface area (Å²) in [5.74, 6) is 1.29. The molecule has 1 unspecified atom stereocenters. The number of aryl methyl sites for hydroxylation is 1.